The number of imide groups is 1. The molecule has 2 amide bonds. The van der Waals surface area contributed by atoms with Gasteiger partial charge < -0.3 is 37.9 Å². The zero-order valence-electron chi connectivity index (χ0n) is 31.5. The third-order valence-electron chi connectivity index (χ3n) is 8.87. The van der Waals surface area contributed by atoms with E-state index >= 15 is 0 Å². The van der Waals surface area contributed by atoms with Crippen LogP contribution < -0.4 is 18.9 Å². The topological polar surface area (TPSA) is 114 Å². The number of benzene rings is 4. The van der Waals surface area contributed by atoms with Crippen molar-refractivity contribution in [1.29, 1.82) is 0 Å². The minimum Gasteiger partial charge on any atom is -0.497 e. The van der Waals surface area contributed by atoms with Crippen molar-refractivity contribution in [3.63, 3.8) is 0 Å². The molecule has 6 rings (SSSR count). The molecule has 0 saturated heterocycles. The van der Waals surface area contributed by atoms with Crippen LogP contribution in [0.5, 0.6) is 23.0 Å². The minimum atomic E-state index is -0.355. The van der Waals surface area contributed by atoms with Crippen molar-refractivity contribution >= 4 is 11.8 Å². The van der Waals surface area contributed by atoms with Gasteiger partial charge in [-0.05, 0) is 59.2 Å². The van der Waals surface area contributed by atoms with Crippen molar-refractivity contribution < 1.29 is 47.5 Å². The standard InChI is InChI=1S/C21H23NO6.C21H27NO4/c1-25-10-11-27-12-13-28-18-5-3-4-17-19(18)21(24)22(20(17)23)14-15-6-8-16(26-2)9-7-15;1-23-10-11-25-12-13-26-21-5-3-4-18-15-22(16-20(18)21)14-17-6-8-19(24-2)9-7-17/h3-9H,10-14H2,1-2H3;3-9H,10-16H2,1-2H3. The lowest BCUT2D eigenvalue weighted by Crippen LogP contribution is -2.29. The van der Waals surface area contributed by atoms with E-state index in [1.165, 1.54) is 21.6 Å². The van der Waals surface area contributed by atoms with Gasteiger partial charge in [0.1, 0.15) is 36.2 Å². The summed E-state index contributed by atoms with van der Waals surface area (Å²) in [5.74, 6) is 2.29. The van der Waals surface area contributed by atoms with Crippen LogP contribution in [-0.4, -0.2) is 103 Å². The summed E-state index contributed by atoms with van der Waals surface area (Å²) in [7, 11) is 6.55. The fourth-order valence-electron chi connectivity index (χ4n) is 6.08. The van der Waals surface area contributed by atoms with E-state index in [0.29, 0.717) is 63.1 Å². The largest absolute Gasteiger partial charge is 0.497 e. The van der Waals surface area contributed by atoms with Gasteiger partial charge in [-0.25, -0.2) is 0 Å². The maximum Gasteiger partial charge on any atom is 0.265 e. The first kappa shape index (κ1) is 40.2. The van der Waals surface area contributed by atoms with Gasteiger partial charge in [-0.3, -0.25) is 19.4 Å². The molecule has 0 bridgehead atoms. The first-order chi connectivity index (χ1) is 26.4. The number of carbonyl (C=O) groups is 2. The zero-order chi connectivity index (χ0) is 38.1. The molecule has 0 atom stereocenters. The molecule has 0 N–H and O–H groups in total. The Bertz CT molecular complexity index is 1780. The highest BCUT2D eigenvalue weighted by atomic mass is 16.5. The van der Waals surface area contributed by atoms with Crippen LogP contribution in [-0.2, 0) is 45.1 Å². The third kappa shape index (κ3) is 11.0. The van der Waals surface area contributed by atoms with E-state index in [0.717, 1.165) is 42.4 Å². The number of hydrogen-bond acceptors (Lipinski definition) is 11. The summed E-state index contributed by atoms with van der Waals surface area (Å²) in [4.78, 5) is 29.3. The molecule has 0 spiro atoms. The van der Waals surface area contributed by atoms with Gasteiger partial charge in [-0.1, -0.05) is 42.5 Å². The maximum absolute atomic E-state index is 12.9. The van der Waals surface area contributed by atoms with E-state index in [1.54, 1.807) is 58.8 Å². The van der Waals surface area contributed by atoms with Crippen LogP contribution in [0.3, 0.4) is 0 Å². The van der Waals surface area contributed by atoms with Crippen LogP contribution in [0.25, 0.3) is 0 Å². The van der Waals surface area contributed by atoms with E-state index in [1.807, 2.05) is 30.3 Å². The van der Waals surface area contributed by atoms with Gasteiger partial charge >= 0.3 is 0 Å². The quantitative estimate of drug-likeness (QED) is 0.0811. The highest BCUT2D eigenvalue weighted by Gasteiger charge is 2.38. The second-order valence-electron chi connectivity index (χ2n) is 12.5. The van der Waals surface area contributed by atoms with Crippen LogP contribution in [0, 0.1) is 0 Å². The average Bonchev–Trinajstić information content (AvgIpc) is 3.73. The Kier molecular flexibility index (Phi) is 15.7. The van der Waals surface area contributed by atoms with Gasteiger partial charge in [0.25, 0.3) is 11.8 Å². The Balaban J connectivity index is 0.000000208. The van der Waals surface area contributed by atoms with Gasteiger partial charge in [0.15, 0.2) is 0 Å². The summed E-state index contributed by atoms with van der Waals surface area (Å²) < 4.78 is 42.7. The number of carbonyl (C=O) groups excluding carboxylic acids is 2. The molecule has 12 nitrogen and oxygen atoms in total. The number of methoxy groups -OCH3 is 4. The second kappa shape index (κ2) is 21.0. The number of nitrogens with zero attached hydrogens (tertiary/aromatic N) is 2. The van der Waals surface area contributed by atoms with E-state index < -0.39 is 0 Å². The van der Waals surface area contributed by atoms with Crippen molar-refractivity contribution in [2.75, 3.05) is 81.3 Å². The summed E-state index contributed by atoms with van der Waals surface area (Å²) in [6, 6.07) is 26.9. The van der Waals surface area contributed by atoms with E-state index in [2.05, 4.69) is 29.2 Å². The number of fused-ring (bicyclic) bond motifs is 2. The number of hydrogen-bond donors (Lipinski definition) is 0. The predicted octanol–water partition coefficient (Wildman–Crippen LogP) is 5.79. The molecular formula is C42H50N2O10. The lowest BCUT2D eigenvalue weighted by atomic mass is 10.1. The molecular weight excluding hydrogens is 692 g/mol. The number of rotatable bonds is 20. The zero-order valence-corrected chi connectivity index (χ0v) is 31.5. The maximum atomic E-state index is 12.9. The first-order valence-electron chi connectivity index (χ1n) is 17.9. The Hall–Kier alpha value is -4.98. The van der Waals surface area contributed by atoms with Gasteiger partial charge in [-0.2, -0.15) is 0 Å². The molecule has 0 fully saturated rings. The molecule has 4 aromatic rings. The Morgan fingerprint density at radius 1 is 0.537 bits per heavy atom. The summed E-state index contributed by atoms with van der Waals surface area (Å²) in [5, 5.41) is 0. The normalized spacial score (nSPS) is 13.3. The van der Waals surface area contributed by atoms with Crippen LogP contribution in [0.2, 0.25) is 0 Å². The predicted molar refractivity (Wildman–Crippen MR) is 202 cm³/mol. The summed E-state index contributed by atoms with van der Waals surface area (Å²) in [6.07, 6.45) is 0. The summed E-state index contributed by atoms with van der Waals surface area (Å²) in [6.45, 7) is 6.92. The van der Waals surface area contributed by atoms with Crippen molar-refractivity contribution in [1.82, 2.24) is 9.80 Å². The van der Waals surface area contributed by atoms with Crippen LogP contribution in [0.4, 0.5) is 0 Å². The van der Waals surface area contributed by atoms with Crippen LogP contribution in [0.15, 0.2) is 84.9 Å². The highest BCUT2D eigenvalue weighted by Crippen LogP contribution is 2.33. The fraction of sp³-hybridized carbons (Fsp3) is 0.381. The van der Waals surface area contributed by atoms with E-state index in [4.69, 9.17) is 37.9 Å². The average molecular weight is 743 g/mol. The molecule has 0 radical (unpaired) electrons. The monoisotopic (exact) mass is 742 g/mol. The Morgan fingerprint density at radius 2 is 1.07 bits per heavy atom. The van der Waals surface area contributed by atoms with Gasteiger partial charge in [0.05, 0.1) is 71.5 Å². The summed E-state index contributed by atoms with van der Waals surface area (Å²) in [5.41, 5.74) is 5.42. The van der Waals surface area contributed by atoms with E-state index in [-0.39, 0.29) is 25.0 Å². The third-order valence-corrected chi connectivity index (χ3v) is 8.87. The minimum absolute atomic E-state index is 0.190. The molecule has 12 heteroatoms. The molecule has 0 aliphatic carbocycles. The molecule has 0 aromatic heterocycles. The smallest absolute Gasteiger partial charge is 0.265 e. The van der Waals surface area contributed by atoms with Crippen LogP contribution in [0.1, 0.15) is 43.0 Å². The second-order valence-corrected chi connectivity index (χ2v) is 12.5. The van der Waals surface area contributed by atoms with Gasteiger partial charge in [-0.15, -0.1) is 0 Å². The Labute approximate surface area is 317 Å². The van der Waals surface area contributed by atoms with Crippen molar-refractivity contribution in [2.45, 2.75) is 26.2 Å². The van der Waals surface area contributed by atoms with Crippen molar-refractivity contribution in [3.05, 3.63) is 118 Å². The van der Waals surface area contributed by atoms with Gasteiger partial charge in [0, 0.05) is 39.4 Å². The number of amides is 2. The van der Waals surface area contributed by atoms with Crippen molar-refractivity contribution in [3.8, 4) is 23.0 Å². The molecule has 54 heavy (non-hydrogen) atoms. The molecule has 2 aliphatic heterocycles. The molecule has 2 heterocycles. The molecule has 0 saturated carbocycles. The SMILES string of the molecule is COCCOCCOc1cccc2c1C(=O)N(Cc1ccc(OC)cc1)C2=O.COCCOCCOc1cccc2c1CN(Cc1ccc(OC)cc1)C2. The molecule has 288 valence electrons. The van der Waals surface area contributed by atoms with Crippen molar-refractivity contribution in [2.24, 2.45) is 0 Å². The molecule has 2 aliphatic rings. The first-order valence-corrected chi connectivity index (χ1v) is 17.9. The highest BCUT2D eigenvalue weighted by molar-refractivity contribution is 6.22. The molecule has 0 unspecified atom stereocenters. The van der Waals surface area contributed by atoms with E-state index in [9.17, 15) is 9.59 Å². The molecule has 4 aromatic carbocycles. The fourth-order valence-corrected chi connectivity index (χ4v) is 6.08. The van der Waals surface area contributed by atoms with Gasteiger partial charge in [0.2, 0.25) is 0 Å². The summed E-state index contributed by atoms with van der Waals surface area (Å²) >= 11 is 0. The Morgan fingerprint density at radius 3 is 1.67 bits per heavy atom. The number of ether oxygens (including phenoxy) is 8. The lowest BCUT2D eigenvalue weighted by molar-refractivity contribution is 0.0539. The lowest BCUT2D eigenvalue weighted by Gasteiger charge is -2.15. The van der Waals surface area contributed by atoms with Crippen LogP contribution >= 0.6 is 0 Å².